The summed E-state index contributed by atoms with van der Waals surface area (Å²) in [5.41, 5.74) is 6.70. The Hall–Kier alpha value is -1.48. The van der Waals surface area contributed by atoms with E-state index < -0.39 is 0 Å². The van der Waals surface area contributed by atoms with Crippen LogP contribution in [-0.4, -0.2) is 6.10 Å². The number of fused-ring (bicyclic) bond motifs is 1. The van der Waals surface area contributed by atoms with Gasteiger partial charge in [0.05, 0.1) is 17.5 Å². The largest absolute Gasteiger partial charge is 0.487 e. The molecule has 2 rings (SSSR count). The summed E-state index contributed by atoms with van der Waals surface area (Å²) in [4.78, 5) is 0. The molecular formula is C13H17NO2. The maximum atomic E-state index is 5.88. The first-order valence-corrected chi connectivity index (χ1v) is 5.53. The fourth-order valence-corrected chi connectivity index (χ4v) is 1.70. The number of hydrogen-bond donors (Lipinski definition) is 1. The van der Waals surface area contributed by atoms with Gasteiger partial charge >= 0.3 is 0 Å². The molecule has 0 fully saturated rings. The smallest absolute Gasteiger partial charge is 0.170 e. The topological polar surface area (TPSA) is 48.4 Å². The van der Waals surface area contributed by atoms with Crippen molar-refractivity contribution in [2.24, 2.45) is 5.73 Å². The Labute approximate surface area is 95.2 Å². The van der Waals surface area contributed by atoms with Crippen LogP contribution in [0.2, 0.25) is 0 Å². The van der Waals surface area contributed by atoms with Crippen LogP contribution in [0.15, 0.2) is 28.7 Å². The minimum atomic E-state index is -0.166. The zero-order valence-electron chi connectivity index (χ0n) is 9.86. The van der Waals surface area contributed by atoms with Gasteiger partial charge in [0.15, 0.2) is 11.5 Å². The summed E-state index contributed by atoms with van der Waals surface area (Å²) in [6, 6.07) is 7.66. The average molecular weight is 219 g/mol. The molecule has 1 heterocycles. The molecule has 0 amide bonds. The van der Waals surface area contributed by atoms with Crippen LogP contribution in [0.3, 0.4) is 0 Å². The van der Waals surface area contributed by atoms with E-state index in [0.717, 1.165) is 22.5 Å². The lowest BCUT2D eigenvalue weighted by molar-refractivity contribution is 0.236. The molecule has 2 aromatic rings. The molecule has 1 unspecified atom stereocenters. The molecular weight excluding hydrogens is 202 g/mol. The van der Waals surface area contributed by atoms with Crippen molar-refractivity contribution in [3.63, 3.8) is 0 Å². The summed E-state index contributed by atoms with van der Waals surface area (Å²) >= 11 is 0. The first-order chi connectivity index (χ1) is 7.59. The quantitative estimate of drug-likeness (QED) is 0.862. The van der Waals surface area contributed by atoms with Gasteiger partial charge in [-0.2, -0.15) is 0 Å². The van der Waals surface area contributed by atoms with Crippen molar-refractivity contribution >= 4 is 11.0 Å². The van der Waals surface area contributed by atoms with Gasteiger partial charge in [-0.1, -0.05) is 12.1 Å². The molecule has 86 valence electrons. The van der Waals surface area contributed by atoms with E-state index >= 15 is 0 Å². The van der Waals surface area contributed by atoms with Crippen LogP contribution in [0.25, 0.3) is 11.0 Å². The van der Waals surface area contributed by atoms with Gasteiger partial charge in [-0.3, -0.25) is 0 Å². The number of ether oxygens (including phenoxy) is 1. The molecule has 0 radical (unpaired) electrons. The molecule has 0 saturated carbocycles. The maximum absolute atomic E-state index is 5.88. The highest BCUT2D eigenvalue weighted by molar-refractivity contribution is 5.85. The number of nitrogens with two attached hydrogens (primary N) is 1. The zero-order chi connectivity index (χ0) is 11.7. The first-order valence-electron chi connectivity index (χ1n) is 5.53. The Kier molecular flexibility index (Phi) is 2.88. The standard InChI is InChI=1S/C13H17NO2/c1-8(2)15-13-10-6-4-5-7-11(10)16-12(13)9(3)14/h4-9H,14H2,1-3H3. The maximum Gasteiger partial charge on any atom is 0.170 e. The predicted molar refractivity (Wildman–Crippen MR) is 64.6 cm³/mol. The Morgan fingerprint density at radius 2 is 1.88 bits per heavy atom. The van der Waals surface area contributed by atoms with Crippen LogP contribution in [-0.2, 0) is 0 Å². The summed E-state index contributed by atoms with van der Waals surface area (Å²) in [6.45, 7) is 5.88. The van der Waals surface area contributed by atoms with Crippen molar-refractivity contribution in [3.05, 3.63) is 30.0 Å². The van der Waals surface area contributed by atoms with E-state index in [1.807, 2.05) is 45.0 Å². The first kappa shape index (κ1) is 11.0. The second kappa shape index (κ2) is 4.18. The van der Waals surface area contributed by atoms with Gasteiger partial charge in [-0.15, -0.1) is 0 Å². The number of benzene rings is 1. The van der Waals surface area contributed by atoms with Crippen molar-refractivity contribution in [2.75, 3.05) is 0 Å². The van der Waals surface area contributed by atoms with Gasteiger partial charge < -0.3 is 14.9 Å². The lowest BCUT2D eigenvalue weighted by atomic mass is 10.2. The minimum absolute atomic E-state index is 0.110. The SMILES string of the molecule is CC(C)Oc1c(C(C)N)oc2ccccc12. The molecule has 0 saturated heterocycles. The third kappa shape index (κ3) is 1.91. The van der Waals surface area contributed by atoms with Crippen molar-refractivity contribution in [1.82, 2.24) is 0 Å². The fourth-order valence-electron chi connectivity index (χ4n) is 1.70. The highest BCUT2D eigenvalue weighted by Crippen LogP contribution is 2.36. The van der Waals surface area contributed by atoms with Gasteiger partial charge in [0, 0.05) is 0 Å². The summed E-state index contributed by atoms with van der Waals surface area (Å²) < 4.78 is 11.5. The van der Waals surface area contributed by atoms with E-state index in [1.165, 1.54) is 0 Å². The third-order valence-electron chi connectivity index (χ3n) is 2.34. The van der Waals surface area contributed by atoms with Gasteiger partial charge in [-0.05, 0) is 32.9 Å². The fraction of sp³-hybridized carbons (Fsp3) is 0.385. The van der Waals surface area contributed by atoms with E-state index in [1.54, 1.807) is 0 Å². The van der Waals surface area contributed by atoms with Crippen LogP contribution < -0.4 is 10.5 Å². The number of furan rings is 1. The molecule has 0 aliphatic heterocycles. The number of para-hydroxylation sites is 1. The van der Waals surface area contributed by atoms with E-state index in [2.05, 4.69) is 0 Å². The Morgan fingerprint density at radius 1 is 1.19 bits per heavy atom. The normalized spacial score (nSPS) is 13.3. The second-order valence-electron chi connectivity index (χ2n) is 4.25. The molecule has 2 N–H and O–H groups in total. The van der Waals surface area contributed by atoms with Crippen LogP contribution in [0.5, 0.6) is 5.75 Å². The summed E-state index contributed by atoms with van der Waals surface area (Å²) in [5.74, 6) is 1.50. The molecule has 16 heavy (non-hydrogen) atoms. The van der Waals surface area contributed by atoms with E-state index in [0.29, 0.717) is 0 Å². The van der Waals surface area contributed by atoms with Gasteiger partial charge in [-0.25, -0.2) is 0 Å². The van der Waals surface area contributed by atoms with Crippen molar-refractivity contribution in [2.45, 2.75) is 32.9 Å². The Bertz CT molecular complexity index is 486. The number of rotatable bonds is 3. The second-order valence-corrected chi connectivity index (χ2v) is 4.25. The van der Waals surface area contributed by atoms with Crippen molar-refractivity contribution in [3.8, 4) is 5.75 Å². The molecule has 1 atom stereocenters. The lowest BCUT2D eigenvalue weighted by Gasteiger charge is -2.11. The third-order valence-corrected chi connectivity index (χ3v) is 2.34. The monoisotopic (exact) mass is 219 g/mol. The van der Waals surface area contributed by atoms with E-state index in [-0.39, 0.29) is 12.1 Å². The van der Waals surface area contributed by atoms with Crippen molar-refractivity contribution in [1.29, 1.82) is 0 Å². The molecule has 0 aliphatic rings. The highest BCUT2D eigenvalue weighted by Gasteiger charge is 2.18. The molecule has 0 spiro atoms. The van der Waals surface area contributed by atoms with E-state index in [4.69, 9.17) is 14.9 Å². The van der Waals surface area contributed by atoms with Gasteiger partial charge in [0.25, 0.3) is 0 Å². The van der Waals surface area contributed by atoms with Crippen LogP contribution in [0, 0.1) is 0 Å². The van der Waals surface area contributed by atoms with E-state index in [9.17, 15) is 0 Å². The summed E-state index contributed by atoms with van der Waals surface area (Å²) in [7, 11) is 0. The van der Waals surface area contributed by atoms with Crippen LogP contribution >= 0.6 is 0 Å². The molecule has 3 nitrogen and oxygen atoms in total. The summed E-state index contributed by atoms with van der Waals surface area (Å²) in [5, 5.41) is 0.989. The average Bonchev–Trinajstić information content (AvgIpc) is 2.57. The Balaban J connectivity index is 2.60. The molecule has 0 aliphatic carbocycles. The Morgan fingerprint density at radius 3 is 2.50 bits per heavy atom. The zero-order valence-corrected chi connectivity index (χ0v) is 9.86. The number of hydrogen-bond acceptors (Lipinski definition) is 3. The molecule has 1 aromatic heterocycles. The molecule has 3 heteroatoms. The van der Waals surface area contributed by atoms with Gasteiger partial charge in [0.2, 0.25) is 0 Å². The van der Waals surface area contributed by atoms with Gasteiger partial charge in [0.1, 0.15) is 5.58 Å². The predicted octanol–water partition coefficient (Wildman–Crippen LogP) is 3.24. The molecule has 1 aromatic carbocycles. The summed E-state index contributed by atoms with van der Waals surface area (Å²) in [6.07, 6.45) is 0.110. The highest BCUT2D eigenvalue weighted by atomic mass is 16.5. The minimum Gasteiger partial charge on any atom is -0.487 e. The van der Waals surface area contributed by atoms with Crippen LogP contribution in [0.1, 0.15) is 32.6 Å². The lowest BCUT2D eigenvalue weighted by Crippen LogP contribution is -2.10. The van der Waals surface area contributed by atoms with Crippen LogP contribution in [0.4, 0.5) is 0 Å². The molecule has 0 bridgehead atoms. The van der Waals surface area contributed by atoms with Crippen molar-refractivity contribution < 1.29 is 9.15 Å².